The van der Waals surface area contributed by atoms with Crippen molar-refractivity contribution in [3.63, 3.8) is 0 Å². The van der Waals surface area contributed by atoms with Crippen LogP contribution in [0.4, 0.5) is 5.69 Å². The highest BCUT2D eigenvalue weighted by Crippen LogP contribution is 2.15. The second-order valence-electron chi connectivity index (χ2n) is 6.95. The number of aromatic nitrogens is 2. The van der Waals surface area contributed by atoms with Gasteiger partial charge < -0.3 is 15.2 Å². The predicted molar refractivity (Wildman–Crippen MR) is 118 cm³/mol. The standard InChI is InChI=1S/C24H22N4O2/c29-23(26-13-5-14-28-15-11-18-6-1-2-10-22(18)28)19-7-3-9-21(16-19)27-24(30)20-8-4-12-25-17-20/h1-4,6-12,15-17H,5,13-14H2,(H,26,29)(H,27,30). The molecule has 30 heavy (non-hydrogen) atoms. The maximum absolute atomic E-state index is 12.5. The summed E-state index contributed by atoms with van der Waals surface area (Å²) >= 11 is 0. The van der Waals surface area contributed by atoms with Gasteiger partial charge in [-0.2, -0.15) is 0 Å². The Kier molecular flexibility index (Phi) is 5.85. The van der Waals surface area contributed by atoms with Crippen LogP contribution >= 0.6 is 0 Å². The third kappa shape index (κ3) is 4.55. The third-order valence-corrected chi connectivity index (χ3v) is 4.85. The lowest BCUT2D eigenvalue weighted by Crippen LogP contribution is -2.25. The van der Waals surface area contributed by atoms with Crippen LogP contribution in [-0.4, -0.2) is 27.9 Å². The van der Waals surface area contributed by atoms with Crippen molar-refractivity contribution < 1.29 is 9.59 Å². The summed E-state index contributed by atoms with van der Waals surface area (Å²) < 4.78 is 2.19. The minimum atomic E-state index is -0.264. The van der Waals surface area contributed by atoms with E-state index in [1.807, 2.05) is 12.1 Å². The number of nitrogens with zero attached hydrogens (tertiary/aromatic N) is 2. The molecular weight excluding hydrogens is 376 g/mol. The summed E-state index contributed by atoms with van der Waals surface area (Å²) in [5, 5.41) is 6.96. The molecule has 0 saturated heterocycles. The minimum Gasteiger partial charge on any atom is -0.352 e. The topological polar surface area (TPSA) is 76.0 Å². The summed E-state index contributed by atoms with van der Waals surface area (Å²) in [4.78, 5) is 28.7. The molecule has 6 heteroatoms. The van der Waals surface area contributed by atoms with Crippen molar-refractivity contribution in [2.45, 2.75) is 13.0 Å². The highest BCUT2D eigenvalue weighted by molar-refractivity contribution is 6.04. The molecule has 2 heterocycles. The van der Waals surface area contributed by atoms with Crippen molar-refractivity contribution in [1.29, 1.82) is 0 Å². The van der Waals surface area contributed by atoms with Crippen LogP contribution in [0.25, 0.3) is 10.9 Å². The van der Waals surface area contributed by atoms with Gasteiger partial charge in [-0.15, -0.1) is 0 Å². The number of fused-ring (bicyclic) bond motifs is 1. The zero-order chi connectivity index (χ0) is 20.8. The van der Waals surface area contributed by atoms with Gasteiger partial charge in [0.2, 0.25) is 0 Å². The fourth-order valence-electron chi connectivity index (χ4n) is 3.33. The molecule has 0 aliphatic rings. The Bertz CT molecular complexity index is 1170. The first-order valence-corrected chi connectivity index (χ1v) is 9.84. The molecule has 0 unspecified atom stereocenters. The molecule has 2 N–H and O–H groups in total. The zero-order valence-electron chi connectivity index (χ0n) is 16.4. The SMILES string of the molecule is O=C(NCCCn1ccc2ccccc21)c1cccc(NC(=O)c2cccnc2)c1. The first-order chi connectivity index (χ1) is 14.7. The fraction of sp³-hybridized carbons (Fsp3) is 0.125. The van der Waals surface area contributed by atoms with E-state index < -0.39 is 0 Å². The number of rotatable bonds is 7. The van der Waals surface area contributed by atoms with Crippen molar-refractivity contribution in [3.8, 4) is 0 Å². The highest BCUT2D eigenvalue weighted by Gasteiger charge is 2.09. The first-order valence-electron chi connectivity index (χ1n) is 9.84. The van der Waals surface area contributed by atoms with Gasteiger partial charge in [0.15, 0.2) is 0 Å². The van der Waals surface area contributed by atoms with Crippen LogP contribution < -0.4 is 10.6 Å². The summed E-state index contributed by atoms with van der Waals surface area (Å²) in [5.41, 5.74) is 2.73. The lowest BCUT2D eigenvalue weighted by atomic mass is 10.1. The van der Waals surface area contributed by atoms with Crippen molar-refractivity contribution >= 4 is 28.4 Å². The fourth-order valence-corrected chi connectivity index (χ4v) is 3.33. The molecule has 4 aromatic rings. The number of para-hydroxylation sites is 1. The van der Waals surface area contributed by atoms with Crippen LogP contribution in [0, 0.1) is 0 Å². The van der Waals surface area contributed by atoms with Gasteiger partial charge in [-0.3, -0.25) is 14.6 Å². The summed E-state index contributed by atoms with van der Waals surface area (Å²) in [6, 6.07) is 20.6. The molecular formula is C24H22N4O2. The van der Waals surface area contributed by atoms with E-state index in [9.17, 15) is 9.59 Å². The van der Waals surface area contributed by atoms with Gasteiger partial charge in [-0.05, 0) is 54.3 Å². The minimum absolute atomic E-state index is 0.162. The van der Waals surface area contributed by atoms with E-state index in [1.165, 1.54) is 17.1 Å². The molecule has 0 radical (unpaired) electrons. The Labute approximate surface area is 174 Å². The predicted octanol–water partition coefficient (Wildman–Crippen LogP) is 4.11. The third-order valence-electron chi connectivity index (χ3n) is 4.85. The van der Waals surface area contributed by atoms with E-state index in [1.54, 1.807) is 42.6 Å². The maximum atomic E-state index is 12.5. The second-order valence-corrected chi connectivity index (χ2v) is 6.95. The van der Waals surface area contributed by atoms with E-state index in [-0.39, 0.29) is 11.8 Å². The summed E-state index contributed by atoms with van der Waals surface area (Å²) in [7, 11) is 0. The van der Waals surface area contributed by atoms with E-state index >= 15 is 0 Å². The largest absolute Gasteiger partial charge is 0.352 e. The number of nitrogens with one attached hydrogen (secondary N) is 2. The number of benzene rings is 2. The van der Waals surface area contributed by atoms with Gasteiger partial charge in [0.05, 0.1) is 5.56 Å². The van der Waals surface area contributed by atoms with Gasteiger partial charge >= 0.3 is 0 Å². The quantitative estimate of drug-likeness (QED) is 0.460. The molecule has 2 amide bonds. The Balaban J connectivity index is 1.30. The van der Waals surface area contributed by atoms with Crippen molar-refractivity contribution in [2.75, 3.05) is 11.9 Å². The molecule has 0 saturated carbocycles. The van der Waals surface area contributed by atoms with Gasteiger partial charge in [0.1, 0.15) is 0 Å². The van der Waals surface area contributed by atoms with Gasteiger partial charge in [0.25, 0.3) is 11.8 Å². The second kappa shape index (κ2) is 9.05. The number of anilines is 1. The molecule has 0 fully saturated rings. The Hall–Kier alpha value is -3.93. The molecule has 2 aromatic heterocycles. The van der Waals surface area contributed by atoms with E-state index in [0.29, 0.717) is 23.4 Å². The maximum Gasteiger partial charge on any atom is 0.257 e. The first kappa shape index (κ1) is 19.4. The lowest BCUT2D eigenvalue weighted by Gasteiger charge is -2.09. The van der Waals surface area contributed by atoms with E-state index in [4.69, 9.17) is 0 Å². The average molecular weight is 398 g/mol. The number of carbonyl (C=O) groups is 2. The molecule has 6 nitrogen and oxygen atoms in total. The molecule has 0 bridgehead atoms. The molecule has 0 atom stereocenters. The normalized spacial score (nSPS) is 10.7. The van der Waals surface area contributed by atoms with Crippen molar-refractivity contribution in [1.82, 2.24) is 14.9 Å². The molecule has 4 rings (SSSR count). The van der Waals surface area contributed by atoms with Crippen LogP contribution in [-0.2, 0) is 6.54 Å². The van der Waals surface area contributed by atoms with Gasteiger partial charge in [-0.1, -0.05) is 24.3 Å². The van der Waals surface area contributed by atoms with Crippen LogP contribution in [0.5, 0.6) is 0 Å². The van der Waals surface area contributed by atoms with Crippen molar-refractivity contribution in [3.05, 3.63) is 96.4 Å². The van der Waals surface area contributed by atoms with Crippen molar-refractivity contribution in [2.24, 2.45) is 0 Å². The molecule has 0 aliphatic heterocycles. The number of hydrogen-bond donors (Lipinski definition) is 2. The van der Waals surface area contributed by atoms with Crippen LogP contribution in [0.1, 0.15) is 27.1 Å². The zero-order valence-corrected chi connectivity index (χ0v) is 16.4. The average Bonchev–Trinajstić information content (AvgIpc) is 3.20. The van der Waals surface area contributed by atoms with E-state index in [0.717, 1.165) is 13.0 Å². The molecule has 0 spiro atoms. The summed E-state index contributed by atoms with van der Waals surface area (Å²) in [6.45, 7) is 1.40. The lowest BCUT2D eigenvalue weighted by molar-refractivity contribution is 0.0951. The van der Waals surface area contributed by atoms with Crippen LogP contribution in [0.3, 0.4) is 0 Å². The smallest absolute Gasteiger partial charge is 0.257 e. The number of aryl methyl sites for hydroxylation is 1. The van der Waals surface area contributed by atoms with Crippen LogP contribution in [0.2, 0.25) is 0 Å². The summed E-state index contributed by atoms with van der Waals surface area (Å²) in [5.74, 6) is -0.426. The van der Waals surface area contributed by atoms with Crippen LogP contribution in [0.15, 0.2) is 85.3 Å². The number of carbonyl (C=O) groups excluding carboxylic acids is 2. The highest BCUT2D eigenvalue weighted by atomic mass is 16.2. The van der Waals surface area contributed by atoms with E-state index in [2.05, 4.69) is 44.6 Å². The number of amides is 2. The molecule has 2 aromatic carbocycles. The van der Waals surface area contributed by atoms with Gasteiger partial charge in [-0.25, -0.2) is 0 Å². The Morgan fingerprint density at radius 2 is 1.77 bits per heavy atom. The Morgan fingerprint density at radius 1 is 0.900 bits per heavy atom. The van der Waals surface area contributed by atoms with Gasteiger partial charge in [0, 0.05) is 48.4 Å². The summed E-state index contributed by atoms with van der Waals surface area (Å²) in [6.07, 6.45) is 6.00. The number of pyridine rings is 1. The Morgan fingerprint density at radius 3 is 2.63 bits per heavy atom. The molecule has 0 aliphatic carbocycles. The monoisotopic (exact) mass is 398 g/mol. The number of hydrogen-bond acceptors (Lipinski definition) is 3. The molecule has 150 valence electrons.